The molecule has 0 aliphatic carbocycles. The van der Waals surface area contributed by atoms with Gasteiger partial charge in [0.25, 0.3) is 0 Å². The Labute approximate surface area is 74.9 Å². The molecule has 0 unspecified atom stereocenters. The molecule has 72 valence electrons. The molecule has 0 amide bonds. The van der Waals surface area contributed by atoms with E-state index in [9.17, 15) is 10.2 Å². The van der Waals surface area contributed by atoms with Crippen molar-refractivity contribution in [1.29, 1.82) is 0 Å². The van der Waals surface area contributed by atoms with Crippen molar-refractivity contribution >= 4 is 0 Å². The van der Waals surface area contributed by atoms with E-state index in [1.54, 1.807) is 20.8 Å². The lowest BCUT2D eigenvalue weighted by atomic mass is 9.94. The monoisotopic (exact) mass is 172 g/mol. The van der Waals surface area contributed by atoms with Crippen LogP contribution in [-0.4, -0.2) is 21.4 Å². The Morgan fingerprint density at radius 2 is 1.67 bits per heavy atom. The van der Waals surface area contributed by atoms with Crippen molar-refractivity contribution in [1.82, 2.24) is 0 Å². The Kier molecular flexibility index (Phi) is 3.94. The van der Waals surface area contributed by atoms with Gasteiger partial charge in [0.2, 0.25) is 0 Å². The summed E-state index contributed by atoms with van der Waals surface area (Å²) in [6.45, 7) is 8.81. The Bertz CT molecular complexity index is 142. The first-order valence-corrected chi connectivity index (χ1v) is 4.35. The van der Waals surface area contributed by atoms with Crippen LogP contribution < -0.4 is 0 Å². The maximum absolute atomic E-state index is 9.52. The predicted molar refractivity (Wildman–Crippen MR) is 51.0 cm³/mol. The van der Waals surface area contributed by atoms with Crippen LogP contribution in [0.3, 0.4) is 0 Å². The maximum atomic E-state index is 9.52. The molecule has 0 spiro atoms. The number of hydrogen-bond acceptors (Lipinski definition) is 2. The second-order valence-corrected chi connectivity index (χ2v) is 4.23. The zero-order valence-corrected chi connectivity index (χ0v) is 8.30. The van der Waals surface area contributed by atoms with Gasteiger partial charge in [-0.3, -0.25) is 0 Å². The molecule has 1 atom stereocenters. The van der Waals surface area contributed by atoms with E-state index in [0.717, 1.165) is 6.42 Å². The maximum Gasteiger partial charge on any atom is 0.0797 e. The van der Waals surface area contributed by atoms with Crippen molar-refractivity contribution < 1.29 is 10.2 Å². The molecule has 0 aliphatic rings. The van der Waals surface area contributed by atoms with Crippen LogP contribution in [-0.2, 0) is 0 Å². The normalized spacial score (nSPS) is 17.1. The van der Waals surface area contributed by atoms with Crippen LogP contribution in [0.25, 0.3) is 0 Å². The van der Waals surface area contributed by atoms with Crippen LogP contribution in [0.15, 0.2) is 12.7 Å². The minimum atomic E-state index is -0.786. The van der Waals surface area contributed by atoms with Gasteiger partial charge in [-0.15, -0.1) is 6.58 Å². The first-order chi connectivity index (χ1) is 5.27. The van der Waals surface area contributed by atoms with E-state index in [2.05, 4.69) is 6.58 Å². The van der Waals surface area contributed by atoms with Crippen LogP contribution in [0.5, 0.6) is 0 Å². The summed E-state index contributed by atoms with van der Waals surface area (Å²) < 4.78 is 0. The summed E-state index contributed by atoms with van der Waals surface area (Å²) in [4.78, 5) is 0. The molecule has 0 aromatic heterocycles. The zero-order chi connectivity index (χ0) is 9.83. The largest absolute Gasteiger partial charge is 0.390 e. The fraction of sp³-hybridized carbons (Fsp3) is 0.800. The fourth-order valence-electron chi connectivity index (χ4n) is 0.981. The molecular weight excluding hydrogens is 152 g/mol. The molecule has 0 saturated carbocycles. The van der Waals surface area contributed by atoms with Gasteiger partial charge in [0.1, 0.15) is 0 Å². The molecule has 0 heterocycles. The second kappa shape index (κ2) is 4.06. The van der Waals surface area contributed by atoms with Crippen LogP contribution in [0, 0.1) is 0 Å². The van der Waals surface area contributed by atoms with Gasteiger partial charge in [0, 0.05) is 0 Å². The summed E-state index contributed by atoms with van der Waals surface area (Å²) in [6, 6.07) is 0. The van der Waals surface area contributed by atoms with E-state index in [1.165, 1.54) is 6.08 Å². The highest BCUT2D eigenvalue weighted by molar-refractivity contribution is 4.91. The van der Waals surface area contributed by atoms with E-state index >= 15 is 0 Å². The van der Waals surface area contributed by atoms with Crippen LogP contribution in [0.4, 0.5) is 0 Å². The standard InChI is InChI=1S/C10H20O2/c1-5-10(4,12)8-6-7-9(2,3)11/h5,11-12H,1,6-8H2,2-4H3/t10-/m0/s1. The van der Waals surface area contributed by atoms with Gasteiger partial charge in [-0.25, -0.2) is 0 Å². The lowest BCUT2D eigenvalue weighted by molar-refractivity contribution is 0.0526. The SMILES string of the molecule is C=C[C@](C)(O)CCCC(C)(C)O. The van der Waals surface area contributed by atoms with Crippen molar-refractivity contribution in [2.24, 2.45) is 0 Å². The fourth-order valence-corrected chi connectivity index (χ4v) is 0.981. The first kappa shape index (κ1) is 11.7. The molecule has 2 nitrogen and oxygen atoms in total. The van der Waals surface area contributed by atoms with Gasteiger partial charge in [-0.2, -0.15) is 0 Å². The summed E-state index contributed by atoms with van der Waals surface area (Å²) in [7, 11) is 0. The quantitative estimate of drug-likeness (QED) is 0.621. The number of hydrogen-bond donors (Lipinski definition) is 2. The van der Waals surface area contributed by atoms with E-state index in [-0.39, 0.29) is 0 Å². The number of aliphatic hydroxyl groups is 2. The smallest absolute Gasteiger partial charge is 0.0797 e. The Morgan fingerprint density at radius 3 is 2.00 bits per heavy atom. The highest BCUT2D eigenvalue weighted by Gasteiger charge is 2.18. The highest BCUT2D eigenvalue weighted by atomic mass is 16.3. The minimum Gasteiger partial charge on any atom is -0.390 e. The van der Waals surface area contributed by atoms with Gasteiger partial charge in [0.05, 0.1) is 11.2 Å². The third kappa shape index (κ3) is 6.38. The molecule has 0 fully saturated rings. The summed E-state index contributed by atoms with van der Waals surface area (Å²) in [5, 5.41) is 18.9. The lowest BCUT2D eigenvalue weighted by Crippen LogP contribution is -2.23. The molecule has 2 N–H and O–H groups in total. The van der Waals surface area contributed by atoms with Gasteiger partial charge in [-0.1, -0.05) is 6.08 Å². The van der Waals surface area contributed by atoms with Crippen LogP contribution in [0.1, 0.15) is 40.0 Å². The summed E-state index contributed by atoms with van der Waals surface area (Å²) in [6.07, 6.45) is 3.71. The van der Waals surface area contributed by atoms with E-state index < -0.39 is 11.2 Å². The van der Waals surface area contributed by atoms with Gasteiger partial charge >= 0.3 is 0 Å². The zero-order valence-electron chi connectivity index (χ0n) is 8.30. The van der Waals surface area contributed by atoms with Crippen molar-refractivity contribution in [3.8, 4) is 0 Å². The predicted octanol–water partition coefficient (Wildman–Crippen LogP) is 1.86. The minimum absolute atomic E-state index is 0.628. The van der Waals surface area contributed by atoms with Gasteiger partial charge in [-0.05, 0) is 40.0 Å². The molecular formula is C10H20O2. The topological polar surface area (TPSA) is 40.5 Å². The van der Waals surface area contributed by atoms with Crippen LogP contribution in [0.2, 0.25) is 0 Å². The molecule has 0 bridgehead atoms. The average molecular weight is 172 g/mol. The summed E-state index contributed by atoms with van der Waals surface area (Å²) in [5.74, 6) is 0. The molecule has 0 aromatic rings. The van der Waals surface area contributed by atoms with Gasteiger partial charge < -0.3 is 10.2 Å². The van der Waals surface area contributed by atoms with Crippen LogP contribution >= 0.6 is 0 Å². The van der Waals surface area contributed by atoms with Gasteiger partial charge in [0.15, 0.2) is 0 Å². The van der Waals surface area contributed by atoms with E-state index in [4.69, 9.17) is 0 Å². The molecule has 0 rings (SSSR count). The van der Waals surface area contributed by atoms with Crippen molar-refractivity contribution in [2.45, 2.75) is 51.2 Å². The summed E-state index contributed by atoms with van der Waals surface area (Å²) >= 11 is 0. The highest BCUT2D eigenvalue weighted by Crippen LogP contribution is 2.18. The molecule has 0 saturated heterocycles. The lowest BCUT2D eigenvalue weighted by Gasteiger charge is -2.21. The molecule has 2 heteroatoms. The summed E-state index contributed by atoms with van der Waals surface area (Å²) in [5.41, 5.74) is -1.41. The third-order valence-electron chi connectivity index (χ3n) is 1.91. The molecule has 12 heavy (non-hydrogen) atoms. The average Bonchev–Trinajstić information content (AvgIpc) is 1.84. The first-order valence-electron chi connectivity index (χ1n) is 4.35. The van der Waals surface area contributed by atoms with E-state index in [0.29, 0.717) is 12.8 Å². The number of rotatable bonds is 5. The Hall–Kier alpha value is -0.340. The molecule has 0 aromatic carbocycles. The van der Waals surface area contributed by atoms with E-state index in [1.807, 2.05) is 0 Å². The Morgan fingerprint density at radius 1 is 1.17 bits per heavy atom. The second-order valence-electron chi connectivity index (χ2n) is 4.23. The van der Waals surface area contributed by atoms with Crippen molar-refractivity contribution in [3.63, 3.8) is 0 Å². The molecule has 0 radical (unpaired) electrons. The van der Waals surface area contributed by atoms with Crippen molar-refractivity contribution in [2.75, 3.05) is 0 Å². The molecule has 0 aliphatic heterocycles. The van der Waals surface area contributed by atoms with Crippen molar-refractivity contribution in [3.05, 3.63) is 12.7 Å². The Balaban J connectivity index is 3.64. The third-order valence-corrected chi connectivity index (χ3v) is 1.91.